The molecule has 21 heavy (non-hydrogen) atoms. The van der Waals surface area contributed by atoms with Gasteiger partial charge in [0.2, 0.25) is 0 Å². The van der Waals surface area contributed by atoms with E-state index in [1.54, 1.807) is 11.3 Å². The van der Waals surface area contributed by atoms with Gasteiger partial charge in [0, 0.05) is 17.0 Å². The molecule has 1 aliphatic carbocycles. The Bertz CT molecular complexity index is 600. The normalized spacial score (nSPS) is 16.3. The standard InChI is InChI=1S/C16H20N4S/c17-16(20-13-8-4-5-9-13)18-10-14-11-21-15(19-14)12-6-2-1-3-7-12/h1-3,6-7,11,13H,4-5,8-10H2,(H3,17,18,20). The third kappa shape index (κ3) is 3.82. The predicted octanol–water partition coefficient (Wildman–Crippen LogP) is 3.16. The van der Waals surface area contributed by atoms with E-state index in [9.17, 15) is 0 Å². The summed E-state index contributed by atoms with van der Waals surface area (Å²) in [6, 6.07) is 10.7. The summed E-state index contributed by atoms with van der Waals surface area (Å²) in [6.07, 6.45) is 4.98. The molecule has 0 unspecified atom stereocenters. The van der Waals surface area contributed by atoms with Gasteiger partial charge < -0.3 is 11.1 Å². The summed E-state index contributed by atoms with van der Waals surface area (Å²) in [5.74, 6) is 0.538. The molecule has 4 nitrogen and oxygen atoms in total. The van der Waals surface area contributed by atoms with E-state index in [1.807, 2.05) is 18.2 Å². The quantitative estimate of drug-likeness (QED) is 0.673. The minimum Gasteiger partial charge on any atom is -0.370 e. The summed E-state index contributed by atoms with van der Waals surface area (Å²) in [5, 5.41) is 6.37. The van der Waals surface area contributed by atoms with Gasteiger partial charge in [-0.1, -0.05) is 43.2 Å². The van der Waals surface area contributed by atoms with Crippen LogP contribution in [0, 0.1) is 0 Å². The van der Waals surface area contributed by atoms with Crippen LogP contribution in [0.4, 0.5) is 0 Å². The van der Waals surface area contributed by atoms with Crippen LogP contribution in [0.5, 0.6) is 0 Å². The maximum absolute atomic E-state index is 5.93. The van der Waals surface area contributed by atoms with Gasteiger partial charge in [0.15, 0.2) is 5.96 Å². The lowest BCUT2D eigenvalue weighted by Gasteiger charge is -2.11. The topological polar surface area (TPSA) is 63.3 Å². The molecule has 0 saturated heterocycles. The second kappa shape index (κ2) is 6.72. The van der Waals surface area contributed by atoms with E-state index in [2.05, 4.69) is 32.8 Å². The first-order chi connectivity index (χ1) is 10.3. The van der Waals surface area contributed by atoms with Crippen LogP contribution in [0.25, 0.3) is 10.6 Å². The number of aliphatic imine (C=N–C) groups is 1. The highest BCUT2D eigenvalue weighted by Gasteiger charge is 2.14. The van der Waals surface area contributed by atoms with Gasteiger partial charge in [-0.2, -0.15) is 0 Å². The fourth-order valence-corrected chi connectivity index (χ4v) is 3.40. The number of thiazole rings is 1. The second-order valence-electron chi connectivity index (χ2n) is 5.34. The minimum atomic E-state index is 0.504. The van der Waals surface area contributed by atoms with Crippen molar-refractivity contribution >= 4 is 17.3 Å². The first kappa shape index (κ1) is 14.1. The summed E-state index contributed by atoms with van der Waals surface area (Å²) >= 11 is 1.65. The Morgan fingerprint density at radius 2 is 2.05 bits per heavy atom. The minimum absolute atomic E-state index is 0.504. The number of nitrogens with zero attached hydrogens (tertiary/aromatic N) is 2. The van der Waals surface area contributed by atoms with Crippen molar-refractivity contribution < 1.29 is 0 Å². The fraction of sp³-hybridized carbons (Fsp3) is 0.375. The average molecular weight is 300 g/mol. The molecule has 1 aromatic heterocycles. The lowest BCUT2D eigenvalue weighted by atomic mass is 10.2. The first-order valence-corrected chi connectivity index (χ1v) is 8.25. The monoisotopic (exact) mass is 300 g/mol. The number of nitrogens with one attached hydrogen (secondary N) is 1. The summed E-state index contributed by atoms with van der Waals surface area (Å²) in [7, 11) is 0. The molecule has 0 aliphatic heterocycles. The smallest absolute Gasteiger partial charge is 0.189 e. The van der Waals surface area contributed by atoms with Gasteiger partial charge in [-0.05, 0) is 12.8 Å². The van der Waals surface area contributed by atoms with E-state index < -0.39 is 0 Å². The second-order valence-corrected chi connectivity index (χ2v) is 6.20. The highest BCUT2D eigenvalue weighted by atomic mass is 32.1. The molecule has 1 aromatic carbocycles. The molecular weight excluding hydrogens is 280 g/mol. The summed E-state index contributed by atoms with van der Waals surface area (Å²) in [5.41, 5.74) is 8.05. The third-order valence-corrected chi connectivity index (χ3v) is 4.63. The number of hydrogen-bond donors (Lipinski definition) is 2. The van der Waals surface area contributed by atoms with Gasteiger partial charge in [-0.3, -0.25) is 0 Å². The first-order valence-electron chi connectivity index (χ1n) is 7.37. The van der Waals surface area contributed by atoms with Crippen molar-refractivity contribution in [2.24, 2.45) is 10.7 Å². The average Bonchev–Trinajstić information content (AvgIpc) is 3.17. The van der Waals surface area contributed by atoms with E-state index in [0.29, 0.717) is 18.5 Å². The van der Waals surface area contributed by atoms with E-state index in [4.69, 9.17) is 5.73 Å². The number of rotatable bonds is 4. The Morgan fingerprint density at radius 3 is 2.81 bits per heavy atom. The molecule has 0 radical (unpaired) electrons. The number of nitrogens with two attached hydrogens (primary N) is 1. The van der Waals surface area contributed by atoms with Crippen LogP contribution in [-0.2, 0) is 6.54 Å². The molecule has 1 heterocycles. The van der Waals surface area contributed by atoms with Crippen molar-refractivity contribution in [3.63, 3.8) is 0 Å². The van der Waals surface area contributed by atoms with E-state index >= 15 is 0 Å². The van der Waals surface area contributed by atoms with Crippen molar-refractivity contribution in [3.8, 4) is 10.6 Å². The Kier molecular flexibility index (Phi) is 4.50. The van der Waals surface area contributed by atoms with E-state index in [1.165, 1.54) is 25.7 Å². The molecular formula is C16H20N4S. The van der Waals surface area contributed by atoms with Crippen LogP contribution in [0.15, 0.2) is 40.7 Å². The van der Waals surface area contributed by atoms with Gasteiger partial charge in [0.25, 0.3) is 0 Å². The van der Waals surface area contributed by atoms with Gasteiger partial charge >= 0.3 is 0 Å². The highest BCUT2D eigenvalue weighted by molar-refractivity contribution is 7.13. The van der Waals surface area contributed by atoms with Gasteiger partial charge in [-0.15, -0.1) is 11.3 Å². The number of hydrogen-bond acceptors (Lipinski definition) is 3. The number of guanidine groups is 1. The molecule has 3 N–H and O–H groups in total. The van der Waals surface area contributed by atoms with Crippen LogP contribution >= 0.6 is 11.3 Å². The molecule has 0 atom stereocenters. The lowest BCUT2D eigenvalue weighted by molar-refractivity contribution is 0.625. The van der Waals surface area contributed by atoms with Crippen molar-refractivity contribution in [2.75, 3.05) is 0 Å². The van der Waals surface area contributed by atoms with Crippen LogP contribution < -0.4 is 11.1 Å². The Balaban J connectivity index is 1.59. The highest BCUT2D eigenvalue weighted by Crippen LogP contribution is 2.23. The Hall–Kier alpha value is -1.88. The maximum atomic E-state index is 5.93. The fourth-order valence-electron chi connectivity index (χ4n) is 2.58. The van der Waals surface area contributed by atoms with Gasteiger partial charge in [0.05, 0.1) is 12.2 Å². The zero-order valence-electron chi connectivity index (χ0n) is 12.0. The van der Waals surface area contributed by atoms with Crippen LogP contribution in [-0.4, -0.2) is 17.0 Å². The van der Waals surface area contributed by atoms with Crippen molar-refractivity contribution in [2.45, 2.75) is 38.3 Å². The number of benzene rings is 1. The van der Waals surface area contributed by atoms with Gasteiger partial charge in [0.1, 0.15) is 5.01 Å². The Morgan fingerprint density at radius 1 is 1.29 bits per heavy atom. The van der Waals surface area contributed by atoms with Crippen LogP contribution in [0.1, 0.15) is 31.4 Å². The maximum Gasteiger partial charge on any atom is 0.189 e. The molecule has 0 bridgehead atoms. The largest absolute Gasteiger partial charge is 0.370 e. The molecule has 110 valence electrons. The molecule has 1 fully saturated rings. The SMILES string of the molecule is NC(=NCc1csc(-c2ccccc2)n1)NC1CCCC1. The molecule has 2 aromatic rings. The predicted molar refractivity (Wildman–Crippen MR) is 88.3 cm³/mol. The lowest BCUT2D eigenvalue weighted by Crippen LogP contribution is -2.38. The van der Waals surface area contributed by atoms with E-state index in [0.717, 1.165) is 16.3 Å². The molecule has 3 rings (SSSR count). The van der Waals surface area contributed by atoms with Gasteiger partial charge in [-0.25, -0.2) is 9.98 Å². The van der Waals surface area contributed by atoms with Crippen molar-refractivity contribution in [3.05, 3.63) is 41.4 Å². The van der Waals surface area contributed by atoms with Crippen LogP contribution in [0.2, 0.25) is 0 Å². The molecule has 0 amide bonds. The van der Waals surface area contributed by atoms with Crippen molar-refractivity contribution in [1.29, 1.82) is 0 Å². The molecule has 0 spiro atoms. The summed E-state index contributed by atoms with van der Waals surface area (Å²) in [4.78, 5) is 9.00. The molecule has 1 aliphatic rings. The van der Waals surface area contributed by atoms with Crippen LogP contribution in [0.3, 0.4) is 0 Å². The zero-order chi connectivity index (χ0) is 14.5. The van der Waals surface area contributed by atoms with Crippen molar-refractivity contribution in [1.82, 2.24) is 10.3 Å². The Labute approximate surface area is 129 Å². The number of aromatic nitrogens is 1. The molecule has 5 heteroatoms. The summed E-state index contributed by atoms with van der Waals surface area (Å²) in [6.45, 7) is 0.537. The van der Waals surface area contributed by atoms with E-state index in [-0.39, 0.29) is 0 Å². The summed E-state index contributed by atoms with van der Waals surface area (Å²) < 4.78 is 0. The third-order valence-electron chi connectivity index (χ3n) is 3.69. The molecule has 1 saturated carbocycles. The zero-order valence-corrected chi connectivity index (χ0v) is 12.8.